The van der Waals surface area contributed by atoms with Gasteiger partial charge < -0.3 is 10.6 Å². The Hall–Kier alpha value is -1.06. The third kappa shape index (κ3) is 2.70. The number of carbonyl (C=O) groups is 2. The van der Waals surface area contributed by atoms with Gasteiger partial charge in [0, 0.05) is 24.9 Å². The first-order valence-electron chi connectivity index (χ1n) is 5.83. The van der Waals surface area contributed by atoms with Crippen molar-refractivity contribution in [3.63, 3.8) is 0 Å². The third-order valence-corrected chi connectivity index (χ3v) is 3.33. The first-order chi connectivity index (χ1) is 7.25. The Kier molecular flexibility index (Phi) is 3.23. The molecule has 0 aromatic heterocycles. The van der Waals surface area contributed by atoms with Crippen LogP contribution in [0.15, 0.2) is 0 Å². The van der Waals surface area contributed by atoms with Crippen molar-refractivity contribution >= 4 is 11.8 Å². The van der Waals surface area contributed by atoms with Gasteiger partial charge in [0.1, 0.15) is 0 Å². The zero-order valence-electron chi connectivity index (χ0n) is 8.92. The lowest BCUT2D eigenvalue weighted by molar-refractivity contribution is -0.125. The molecule has 2 aliphatic rings. The second kappa shape index (κ2) is 4.64. The lowest BCUT2D eigenvalue weighted by atomic mass is 10.1. The van der Waals surface area contributed by atoms with Gasteiger partial charge in [0.05, 0.1) is 0 Å². The summed E-state index contributed by atoms with van der Waals surface area (Å²) in [6, 6.07) is 0.155. The van der Waals surface area contributed by atoms with E-state index in [9.17, 15) is 9.59 Å². The van der Waals surface area contributed by atoms with E-state index < -0.39 is 0 Å². The van der Waals surface area contributed by atoms with Crippen molar-refractivity contribution in [2.45, 2.75) is 44.6 Å². The van der Waals surface area contributed by atoms with E-state index in [0.717, 1.165) is 19.3 Å². The Bertz CT molecular complexity index is 259. The van der Waals surface area contributed by atoms with Gasteiger partial charge >= 0.3 is 0 Å². The molecule has 2 fully saturated rings. The van der Waals surface area contributed by atoms with E-state index in [2.05, 4.69) is 10.6 Å². The van der Waals surface area contributed by atoms with E-state index in [4.69, 9.17) is 0 Å². The standard InChI is InChI=1S/C11H18N2O2/c14-10-6-5-9(13-10)7-12-11(15)8-3-1-2-4-8/h8-9H,1-7H2,(H,12,15)(H,13,14). The molecule has 0 spiro atoms. The Morgan fingerprint density at radius 2 is 2.07 bits per heavy atom. The van der Waals surface area contributed by atoms with Crippen molar-refractivity contribution in [3.8, 4) is 0 Å². The molecule has 1 saturated carbocycles. The minimum Gasteiger partial charge on any atom is -0.354 e. The summed E-state index contributed by atoms with van der Waals surface area (Å²) in [5.41, 5.74) is 0. The van der Waals surface area contributed by atoms with Crippen molar-refractivity contribution in [1.29, 1.82) is 0 Å². The normalized spacial score (nSPS) is 26.7. The topological polar surface area (TPSA) is 58.2 Å². The summed E-state index contributed by atoms with van der Waals surface area (Å²) in [4.78, 5) is 22.6. The van der Waals surface area contributed by atoms with Gasteiger partial charge in [-0.2, -0.15) is 0 Å². The molecule has 0 radical (unpaired) electrons. The molecule has 1 saturated heterocycles. The van der Waals surface area contributed by atoms with Crippen LogP contribution in [0, 0.1) is 5.92 Å². The number of rotatable bonds is 3. The van der Waals surface area contributed by atoms with Crippen LogP contribution in [0.25, 0.3) is 0 Å². The molecule has 4 heteroatoms. The first kappa shape index (κ1) is 10.5. The molecule has 15 heavy (non-hydrogen) atoms. The highest BCUT2D eigenvalue weighted by Gasteiger charge is 2.25. The molecule has 0 bridgehead atoms. The maximum Gasteiger partial charge on any atom is 0.223 e. The molecule has 2 N–H and O–H groups in total. The summed E-state index contributed by atoms with van der Waals surface area (Å²) >= 11 is 0. The van der Waals surface area contributed by atoms with Gasteiger partial charge in [0.15, 0.2) is 0 Å². The summed E-state index contributed by atoms with van der Waals surface area (Å²) in [7, 11) is 0. The Labute approximate surface area is 89.8 Å². The van der Waals surface area contributed by atoms with Crippen molar-refractivity contribution < 1.29 is 9.59 Å². The highest BCUT2D eigenvalue weighted by Crippen LogP contribution is 2.24. The van der Waals surface area contributed by atoms with Gasteiger partial charge in [-0.05, 0) is 19.3 Å². The van der Waals surface area contributed by atoms with Crippen molar-refractivity contribution in [1.82, 2.24) is 10.6 Å². The largest absolute Gasteiger partial charge is 0.354 e. The predicted octanol–water partition coefficient (Wildman–Crippen LogP) is 0.571. The zero-order chi connectivity index (χ0) is 10.7. The van der Waals surface area contributed by atoms with E-state index in [0.29, 0.717) is 13.0 Å². The summed E-state index contributed by atoms with van der Waals surface area (Å²) in [6.07, 6.45) is 5.87. The monoisotopic (exact) mass is 210 g/mol. The Morgan fingerprint density at radius 1 is 1.33 bits per heavy atom. The van der Waals surface area contributed by atoms with Crippen LogP contribution < -0.4 is 10.6 Å². The number of amides is 2. The third-order valence-electron chi connectivity index (χ3n) is 3.33. The quantitative estimate of drug-likeness (QED) is 0.715. The van der Waals surface area contributed by atoms with Crippen molar-refractivity contribution in [3.05, 3.63) is 0 Å². The molecule has 1 unspecified atom stereocenters. The fourth-order valence-corrected chi connectivity index (χ4v) is 2.39. The molecule has 84 valence electrons. The summed E-state index contributed by atoms with van der Waals surface area (Å²) in [6.45, 7) is 0.598. The molecule has 1 aliphatic carbocycles. The van der Waals surface area contributed by atoms with Crippen LogP contribution in [0.3, 0.4) is 0 Å². The molecule has 0 aromatic carbocycles. The molecule has 2 amide bonds. The van der Waals surface area contributed by atoms with Gasteiger partial charge in [-0.3, -0.25) is 9.59 Å². The molecule has 1 heterocycles. The minimum absolute atomic E-state index is 0.107. The Balaban J connectivity index is 1.68. The van der Waals surface area contributed by atoms with Crippen LogP contribution in [0.5, 0.6) is 0 Å². The smallest absolute Gasteiger partial charge is 0.223 e. The van der Waals surface area contributed by atoms with Crippen LogP contribution in [0.4, 0.5) is 0 Å². The maximum absolute atomic E-state index is 11.7. The molecule has 4 nitrogen and oxygen atoms in total. The van der Waals surface area contributed by atoms with Gasteiger partial charge in [0.25, 0.3) is 0 Å². The molecule has 2 rings (SSSR count). The number of hydrogen-bond donors (Lipinski definition) is 2. The average Bonchev–Trinajstić information content (AvgIpc) is 2.84. The van der Waals surface area contributed by atoms with E-state index in [1.807, 2.05) is 0 Å². The van der Waals surface area contributed by atoms with Gasteiger partial charge in [-0.1, -0.05) is 12.8 Å². The first-order valence-corrected chi connectivity index (χ1v) is 5.83. The van der Waals surface area contributed by atoms with E-state index in [1.54, 1.807) is 0 Å². The number of hydrogen-bond acceptors (Lipinski definition) is 2. The van der Waals surface area contributed by atoms with Crippen LogP contribution in [0.2, 0.25) is 0 Å². The second-order valence-corrected chi connectivity index (χ2v) is 4.53. The molecular formula is C11H18N2O2. The average molecular weight is 210 g/mol. The minimum atomic E-state index is 0.107. The van der Waals surface area contributed by atoms with E-state index in [-0.39, 0.29) is 23.8 Å². The van der Waals surface area contributed by atoms with E-state index in [1.165, 1.54) is 12.8 Å². The van der Waals surface area contributed by atoms with Crippen LogP contribution in [-0.2, 0) is 9.59 Å². The van der Waals surface area contributed by atoms with Gasteiger partial charge in [-0.25, -0.2) is 0 Å². The highest BCUT2D eigenvalue weighted by atomic mass is 16.2. The van der Waals surface area contributed by atoms with Crippen molar-refractivity contribution in [2.75, 3.05) is 6.54 Å². The fourth-order valence-electron chi connectivity index (χ4n) is 2.39. The molecular weight excluding hydrogens is 192 g/mol. The van der Waals surface area contributed by atoms with Gasteiger partial charge in [0.2, 0.25) is 11.8 Å². The maximum atomic E-state index is 11.7. The number of carbonyl (C=O) groups excluding carboxylic acids is 2. The Morgan fingerprint density at radius 3 is 2.67 bits per heavy atom. The van der Waals surface area contributed by atoms with Crippen LogP contribution >= 0.6 is 0 Å². The molecule has 1 atom stereocenters. The summed E-state index contributed by atoms with van der Waals surface area (Å²) in [5, 5.41) is 5.78. The van der Waals surface area contributed by atoms with Crippen LogP contribution in [-0.4, -0.2) is 24.4 Å². The van der Waals surface area contributed by atoms with Crippen molar-refractivity contribution in [2.24, 2.45) is 5.92 Å². The second-order valence-electron chi connectivity index (χ2n) is 4.53. The van der Waals surface area contributed by atoms with Gasteiger partial charge in [-0.15, -0.1) is 0 Å². The predicted molar refractivity (Wildman–Crippen MR) is 56.1 cm³/mol. The summed E-state index contributed by atoms with van der Waals surface area (Å²) in [5.74, 6) is 0.505. The highest BCUT2D eigenvalue weighted by molar-refractivity contribution is 5.80. The number of nitrogens with one attached hydrogen (secondary N) is 2. The molecule has 0 aromatic rings. The fraction of sp³-hybridized carbons (Fsp3) is 0.818. The van der Waals surface area contributed by atoms with Crippen LogP contribution in [0.1, 0.15) is 38.5 Å². The molecule has 1 aliphatic heterocycles. The zero-order valence-corrected chi connectivity index (χ0v) is 8.92. The lowest BCUT2D eigenvalue weighted by Crippen LogP contribution is -2.40. The SMILES string of the molecule is O=C1CCC(CNC(=O)C2CCCC2)N1. The van der Waals surface area contributed by atoms with E-state index >= 15 is 0 Å². The lowest BCUT2D eigenvalue weighted by Gasteiger charge is -2.14. The summed E-state index contributed by atoms with van der Waals surface area (Å²) < 4.78 is 0.